The Morgan fingerprint density at radius 2 is 2.20 bits per heavy atom. The number of carbonyl (C=O) groups excluding carboxylic acids is 1. The molecule has 2 N–H and O–H groups in total. The molecule has 0 bridgehead atoms. The summed E-state index contributed by atoms with van der Waals surface area (Å²) in [6.45, 7) is 5.07. The summed E-state index contributed by atoms with van der Waals surface area (Å²) in [5.41, 5.74) is 1.05. The van der Waals surface area contributed by atoms with Crippen LogP contribution in [0.5, 0.6) is 0 Å². The highest BCUT2D eigenvalue weighted by atomic mass is 79.9. The third-order valence-corrected chi connectivity index (χ3v) is 3.62. The maximum absolute atomic E-state index is 12.2. The van der Waals surface area contributed by atoms with Crippen molar-refractivity contribution in [2.24, 2.45) is 0 Å². The van der Waals surface area contributed by atoms with E-state index in [-0.39, 0.29) is 18.7 Å². The molecule has 1 aromatic carbocycles. The lowest BCUT2D eigenvalue weighted by Gasteiger charge is -2.24. The van der Waals surface area contributed by atoms with Gasteiger partial charge >= 0.3 is 6.03 Å². The van der Waals surface area contributed by atoms with E-state index in [1.54, 1.807) is 4.90 Å². The minimum Gasteiger partial charge on any atom is -0.395 e. The van der Waals surface area contributed by atoms with Crippen molar-refractivity contribution in [3.05, 3.63) is 34.3 Å². The molecule has 0 saturated carbocycles. The van der Waals surface area contributed by atoms with Gasteiger partial charge in [-0.1, -0.05) is 41.4 Å². The molecule has 5 heteroatoms. The Balaban J connectivity index is 2.62. The molecule has 0 heterocycles. The standard InChI is InChI=1S/C15H23BrN2O2/c1-3-4-8-18(9-10-19)15(20)17-12(2)13-6-5-7-14(16)11-13/h5-7,11-12,19H,3-4,8-10H2,1-2H3,(H,17,20). The third-order valence-electron chi connectivity index (χ3n) is 3.13. The molecular weight excluding hydrogens is 320 g/mol. The Bertz CT molecular complexity index is 426. The van der Waals surface area contributed by atoms with Gasteiger partial charge in [0, 0.05) is 17.6 Å². The molecule has 0 aromatic heterocycles. The van der Waals surface area contributed by atoms with Crippen molar-refractivity contribution in [3.8, 4) is 0 Å². The summed E-state index contributed by atoms with van der Waals surface area (Å²) in [5.74, 6) is 0. The highest BCUT2D eigenvalue weighted by molar-refractivity contribution is 9.10. The molecule has 112 valence electrons. The van der Waals surface area contributed by atoms with E-state index in [0.29, 0.717) is 13.1 Å². The van der Waals surface area contributed by atoms with E-state index in [9.17, 15) is 4.79 Å². The third kappa shape index (κ3) is 5.51. The number of carbonyl (C=O) groups is 1. The van der Waals surface area contributed by atoms with E-state index in [1.165, 1.54) is 0 Å². The van der Waals surface area contributed by atoms with Crippen LogP contribution in [0.3, 0.4) is 0 Å². The molecule has 1 atom stereocenters. The number of rotatable bonds is 7. The number of aliphatic hydroxyl groups excluding tert-OH is 1. The number of urea groups is 1. The van der Waals surface area contributed by atoms with Crippen LogP contribution >= 0.6 is 15.9 Å². The van der Waals surface area contributed by atoms with E-state index in [1.807, 2.05) is 31.2 Å². The number of nitrogens with zero attached hydrogens (tertiary/aromatic N) is 1. The molecule has 0 spiro atoms. The van der Waals surface area contributed by atoms with Crippen molar-refractivity contribution in [3.63, 3.8) is 0 Å². The van der Waals surface area contributed by atoms with Crippen LogP contribution in [0.4, 0.5) is 4.79 Å². The van der Waals surface area contributed by atoms with Crippen molar-refractivity contribution < 1.29 is 9.90 Å². The molecule has 0 fully saturated rings. The Morgan fingerprint density at radius 3 is 2.80 bits per heavy atom. The summed E-state index contributed by atoms with van der Waals surface area (Å²) in [6, 6.07) is 7.69. The summed E-state index contributed by atoms with van der Waals surface area (Å²) in [5, 5.41) is 12.0. The molecule has 0 saturated heterocycles. The first-order valence-corrected chi connectivity index (χ1v) is 7.79. The second-order valence-corrected chi connectivity index (χ2v) is 5.71. The van der Waals surface area contributed by atoms with Crippen LogP contribution in [0.2, 0.25) is 0 Å². The Morgan fingerprint density at radius 1 is 1.45 bits per heavy atom. The number of halogens is 1. The fourth-order valence-electron chi connectivity index (χ4n) is 1.92. The van der Waals surface area contributed by atoms with Crippen LogP contribution in [-0.2, 0) is 0 Å². The van der Waals surface area contributed by atoms with Crippen molar-refractivity contribution in [1.29, 1.82) is 0 Å². The van der Waals surface area contributed by atoms with Crippen molar-refractivity contribution in [2.75, 3.05) is 19.7 Å². The summed E-state index contributed by atoms with van der Waals surface area (Å²) in [6.07, 6.45) is 1.97. The van der Waals surface area contributed by atoms with E-state index in [2.05, 4.69) is 28.2 Å². The summed E-state index contributed by atoms with van der Waals surface area (Å²) < 4.78 is 0.995. The van der Waals surface area contributed by atoms with Crippen LogP contribution in [-0.4, -0.2) is 35.7 Å². The molecule has 0 aliphatic rings. The molecule has 4 nitrogen and oxygen atoms in total. The smallest absolute Gasteiger partial charge is 0.317 e. The quantitative estimate of drug-likeness (QED) is 0.798. The second kappa shape index (κ2) is 8.97. The molecule has 2 amide bonds. The second-order valence-electron chi connectivity index (χ2n) is 4.79. The van der Waals surface area contributed by atoms with E-state index < -0.39 is 0 Å². The number of nitrogens with one attached hydrogen (secondary N) is 1. The first-order chi connectivity index (χ1) is 9.58. The van der Waals surface area contributed by atoms with Crippen LogP contribution < -0.4 is 5.32 Å². The van der Waals surface area contributed by atoms with Crippen molar-refractivity contribution in [1.82, 2.24) is 10.2 Å². The number of amides is 2. The lowest BCUT2D eigenvalue weighted by Crippen LogP contribution is -2.42. The van der Waals surface area contributed by atoms with Crippen LogP contribution in [0.15, 0.2) is 28.7 Å². The van der Waals surface area contributed by atoms with Crippen molar-refractivity contribution in [2.45, 2.75) is 32.7 Å². The highest BCUT2D eigenvalue weighted by Crippen LogP contribution is 2.18. The number of aliphatic hydroxyl groups is 1. The average molecular weight is 343 g/mol. The first-order valence-electron chi connectivity index (χ1n) is 7.00. The maximum atomic E-state index is 12.2. The van der Waals surface area contributed by atoms with Gasteiger partial charge in [0.2, 0.25) is 0 Å². The summed E-state index contributed by atoms with van der Waals surface area (Å²) in [7, 11) is 0. The summed E-state index contributed by atoms with van der Waals surface area (Å²) in [4.78, 5) is 13.9. The van der Waals surface area contributed by atoms with Gasteiger partial charge in [-0.2, -0.15) is 0 Å². The van der Waals surface area contributed by atoms with Crippen LogP contribution in [0.1, 0.15) is 38.3 Å². The van der Waals surface area contributed by atoms with Gasteiger partial charge in [-0.15, -0.1) is 0 Å². The monoisotopic (exact) mass is 342 g/mol. The van der Waals surface area contributed by atoms with Gasteiger partial charge in [-0.05, 0) is 31.0 Å². The molecule has 0 aliphatic heterocycles. The SMILES string of the molecule is CCCCN(CCO)C(=O)NC(C)c1cccc(Br)c1. The number of hydrogen-bond acceptors (Lipinski definition) is 2. The molecule has 0 radical (unpaired) electrons. The predicted molar refractivity (Wildman–Crippen MR) is 84.7 cm³/mol. The topological polar surface area (TPSA) is 52.6 Å². The normalized spacial score (nSPS) is 12.0. The predicted octanol–water partition coefficient (Wildman–Crippen LogP) is 3.31. The summed E-state index contributed by atoms with van der Waals surface area (Å²) >= 11 is 3.43. The molecule has 20 heavy (non-hydrogen) atoms. The Labute approximate surface area is 129 Å². The van der Waals surface area contributed by atoms with E-state index in [0.717, 1.165) is 22.9 Å². The molecule has 1 aromatic rings. The number of hydrogen-bond donors (Lipinski definition) is 2. The number of benzene rings is 1. The highest BCUT2D eigenvalue weighted by Gasteiger charge is 2.15. The first kappa shape index (κ1) is 17.0. The minimum absolute atomic E-state index is 0.0115. The molecule has 1 unspecified atom stereocenters. The van der Waals surface area contributed by atoms with Gasteiger partial charge in [-0.3, -0.25) is 0 Å². The molecular formula is C15H23BrN2O2. The van der Waals surface area contributed by atoms with Crippen molar-refractivity contribution >= 4 is 22.0 Å². The lowest BCUT2D eigenvalue weighted by atomic mass is 10.1. The maximum Gasteiger partial charge on any atom is 0.317 e. The Kier molecular flexibility index (Phi) is 7.62. The van der Waals surface area contributed by atoms with Gasteiger partial charge in [0.25, 0.3) is 0 Å². The number of unbranched alkanes of at least 4 members (excludes halogenated alkanes) is 1. The van der Waals surface area contributed by atoms with Gasteiger partial charge < -0.3 is 15.3 Å². The zero-order valence-corrected chi connectivity index (χ0v) is 13.7. The zero-order chi connectivity index (χ0) is 15.0. The molecule has 1 rings (SSSR count). The van der Waals surface area contributed by atoms with Gasteiger partial charge in [0.1, 0.15) is 0 Å². The minimum atomic E-state index is -0.125. The van der Waals surface area contributed by atoms with Crippen LogP contribution in [0.25, 0.3) is 0 Å². The van der Waals surface area contributed by atoms with Gasteiger partial charge in [-0.25, -0.2) is 4.79 Å². The zero-order valence-electron chi connectivity index (χ0n) is 12.1. The van der Waals surface area contributed by atoms with Gasteiger partial charge in [0.15, 0.2) is 0 Å². The van der Waals surface area contributed by atoms with Gasteiger partial charge in [0.05, 0.1) is 12.6 Å². The lowest BCUT2D eigenvalue weighted by molar-refractivity contribution is 0.173. The van der Waals surface area contributed by atoms with Crippen LogP contribution in [0, 0.1) is 0 Å². The average Bonchev–Trinajstić information content (AvgIpc) is 2.43. The van der Waals surface area contributed by atoms with E-state index in [4.69, 9.17) is 5.11 Å². The molecule has 0 aliphatic carbocycles. The fraction of sp³-hybridized carbons (Fsp3) is 0.533. The Hall–Kier alpha value is -1.07. The largest absolute Gasteiger partial charge is 0.395 e. The van der Waals surface area contributed by atoms with E-state index >= 15 is 0 Å². The fourth-order valence-corrected chi connectivity index (χ4v) is 2.34.